The van der Waals surface area contributed by atoms with Gasteiger partial charge in [0.2, 0.25) is 5.91 Å². The number of nitrogens with one attached hydrogen (secondary N) is 1. The molecule has 0 aromatic heterocycles. The second-order valence-corrected chi connectivity index (χ2v) is 4.45. The summed E-state index contributed by atoms with van der Waals surface area (Å²) >= 11 is 0. The maximum absolute atomic E-state index is 13.2. The molecular formula is C14H18FNO3. The average Bonchev–Trinajstić information content (AvgIpc) is 2.43. The molecule has 0 spiro atoms. The van der Waals surface area contributed by atoms with Gasteiger partial charge in [-0.25, -0.2) is 4.39 Å². The lowest BCUT2D eigenvalue weighted by atomic mass is 9.99. The van der Waals surface area contributed by atoms with Crippen LogP contribution in [0.2, 0.25) is 0 Å². The summed E-state index contributed by atoms with van der Waals surface area (Å²) in [6.45, 7) is 3.46. The van der Waals surface area contributed by atoms with E-state index in [-0.39, 0.29) is 17.6 Å². The molecule has 104 valence electrons. The number of rotatable bonds is 4. The minimum absolute atomic E-state index is 0.0479. The van der Waals surface area contributed by atoms with Crippen LogP contribution >= 0.6 is 0 Å². The van der Waals surface area contributed by atoms with Gasteiger partial charge in [0, 0.05) is 25.2 Å². The second-order valence-electron chi connectivity index (χ2n) is 4.45. The zero-order chi connectivity index (χ0) is 13.7. The predicted octanol–water partition coefficient (Wildman–Crippen LogP) is 2.59. The minimum atomic E-state index is -0.382. The van der Waals surface area contributed by atoms with Crippen LogP contribution in [-0.2, 0) is 9.53 Å². The van der Waals surface area contributed by atoms with Gasteiger partial charge in [0.1, 0.15) is 11.6 Å². The first-order valence-corrected chi connectivity index (χ1v) is 6.51. The van der Waals surface area contributed by atoms with Crippen molar-refractivity contribution in [2.45, 2.75) is 19.8 Å². The minimum Gasteiger partial charge on any atom is -0.492 e. The number of anilines is 1. The van der Waals surface area contributed by atoms with Gasteiger partial charge in [0.15, 0.2) is 0 Å². The van der Waals surface area contributed by atoms with Crippen molar-refractivity contribution in [1.29, 1.82) is 0 Å². The molecule has 1 saturated heterocycles. The molecule has 1 aliphatic heterocycles. The molecule has 1 N–H and O–H groups in total. The summed E-state index contributed by atoms with van der Waals surface area (Å²) in [4.78, 5) is 12.1. The molecule has 1 amide bonds. The molecule has 0 bridgehead atoms. The first-order chi connectivity index (χ1) is 9.20. The molecule has 19 heavy (non-hydrogen) atoms. The second kappa shape index (κ2) is 6.52. The topological polar surface area (TPSA) is 47.6 Å². The Balaban J connectivity index is 2.06. The Morgan fingerprint density at radius 3 is 2.89 bits per heavy atom. The Bertz CT molecular complexity index is 444. The fourth-order valence-corrected chi connectivity index (χ4v) is 2.07. The van der Waals surface area contributed by atoms with Gasteiger partial charge in [-0.05, 0) is 31.9 Å². The average molecular weight is 267 g/mol. The van der Waals surface area contributed by atoms with Crippen molar-refractivity contribution in [1.82, 2.24) is 0 Å². The molecule has 1 aromatic carbocycles. The lowest BCUT2D eigenvalue weighted by Gasteiger charge is -2.21. The van der Waals surface area contributed by atoms with E-state index in [9.17, 15) is 9.18 Å². The molecule has 5 heteroatoms. The predicted molar refractivity (Wildman–Crippen MR) is 69.7 cm³/mol. The van der Waals surface area contributed by atoms with E-state index in [4.69, 9.17) is 9.47 Å². The highest BCUT2D eigenvalue weighted by atomic mass is 19.1. The lowest BCUT2D eigenvalue weighted by Crippen LogP contribution is -2.28. The first-order valence-electron chi connectivity index (χ1n) is 6.51. The summed E-state index contributed by atoms with van der Waals surface area (Å²) in [7, 11) is 0. The Morgan fingerprint density at radius 1 is 1.47 bits per heavy atom. The molecular weight excluding hydrogens is 249 g/mol. The van der Waals surface area contributed by atoms with Crippen LogP contribution in [0.5, 0.6) is 5.75 Å². The molecule has 0 aliphatic carbocycles. The normalized spacial score (nSPS) is 16.1. The van der Waals surface area contributed by atoms with Gasteiger partial charge < -0.3 is 14.8 Å². The molecule has 0 saturated carbocycles. The molecule has 4 nitrogen and oxygen atoms in total. The molecule has 1 aromatic rings. The third-order valence-corrected chi connectivity index (χ3v) is 3.09. The lowest BCUT2D eigenvalue weighted by molar-refractivity contribution is -0.122. The van der Waals surface area contributed by atoms with E-state index in [2.05, 4.69) is 5.32 Å². The maximum atomic E-state index is 13.2. The Kier molecular flexibility index (Phi) is 4.74. The van der Waals surface area contributed by atoms with Gasteiger partial charge in [-0.1, -0.05) is 0 Å². The van der Waals surface area contributed by atoms with E-state index < -0.39 is 0 Å². The Hall–Kier alpha value is -1.62. The van der Waals surface area contributed by atoms with Crippen LogP contribution in [0.15, 0.2) is 18.2 Å². The van der Waals surface area contributed by atoms with Gasteiger partial charge in [-0.2, -0.15) is 0 Å². The van der Waals surface area contributed by atoms with Crippen molar-refractivity contribution in [3.05, 3.63) is 24.0 Å². The number of amides is 1. The summed E-state index contributed by atoms with van der Waals surface area (Å²) in [6, 6.07) is 4.11. The number of halogens is 1. The number of carbonyl (C=O) groups is 1. The molecule has 1 heterocycles. The summed E-state index contributed by atoms with van der Waals surface area (Å²) < 4.78 is 23.7. The van der Waals surface area contributed by atoms with E-state index >= 15 is 0 Å². The number of hydrogen-bond donors (Lipinski definition) is 1. The number of ether oxygens (including phenoxy) is 2. The maximum Gasteiger partial charge on any atom is 0.227 e. The van der Waals surface area contributed by atoms with Crippen LogP contribution in [0.25, 0.3) is 0 Å². The van der Waals surface area contributed by atoms with Crippen molar-refractivity contribution >= 4 is 11.6 Å². The molecule has 2 rings (SSSR count). The van der Waals surface area contributed by atoms with E-state index in [1.54, 1.807) is 0 Å². The van der Waals surface area contributed by atoms with Gasteiger partial charge in [-0.15, -0.1) is 0 Å². The van der Waals surface area contributed by atoms with Crippen molar-refractivity contribution in [3.8, 4) is 5.75 Å². The van der Waals surface area contributed by atoms with Gasteiger partial charge in [0.05, 0.1) is 12.3 Å². The zero-order valence-corrected chi connectivity index (χ0v) is 10.9. The van der Waals surface area contributed by atoms with E-state index in [1.807, 2.05) is 6.92 Å². The van der Waals surface area contributed by atoms with Crippen LogP contribution in [0.1, 0.15) is 19.8 Å². The van der Waals surface area contributed by atoms with Crippen molar-refractivity contribution in [3.63, 3.8) is 0 Å². The summed E-state index contributed by atoms with van der Waals surface area (Å²) in [5.41, 5.74) is 0.514. The number of carbonyl (C=O) groups excluding carboxylic acids is 1. The van der Waals surface area contributed by atoms with Crippen molar-refractivity contribution in [2.24, 2.45) is 5.92 Å². The quantitative estimate of drug-likeness (QED) is 0.912. The fraction of sp³-hybridized carbons (Fsp3) is 0.500. The van der Waals surface area contributed by atoms with Crippen LogP contribution in [0.3, 0.4) is 0 Å². The summed E-state index contributed by atoms with van der Waals surface area (Å²) in [5.74, 6) is -0.125. The van der Waals surface area contributed by atoms with Gasteiger partial charge in [0.25, 0.3) is 0 Å². The highest BCUT2D eigenvalue weighted by Gasteiger charge is 2.22. The van der Waals surface area contributed by atoms with Crippen molar-refractivity contribution < 1.29 is 18.7 Å². The largest absolute Gasteiger partial charge is 0.492 e. The van der Waals surface area contributed by atoms with E-state index in [1.165, 1.54) is 18.2 Å². The van der Waals surface area contributed by atoms with Crippen LogP contribution < -0.4 is 10.1 Å². The van der Waals surface area contributed by atoms with E-state index in [0.717, 1.165) is 12.8 Å². The van der Waals surface area contributed by atoms with Gasteiger partial charge >= 0.3 is 0 Å². The molecule has 1 aliphatic rings. The third-order valence-electron chi connectivity index (χ3n) is 3.09. The highest BCUT2D eigenvalue weighted by molar-refractivity contribution is 5.94. The molecule has 0 radical (unpaired) electrons. The zero-order valence-electron chi connectivity index (χ0n) is 10.9. The van der Waals surface area contributed by atoms with Crippen LogP contribution in [-0.4, -0.2) is 25.7 Å². The van der Waals surface area contributed by atoms with Crippen LogP contribution in [0.4, 0.5) is 10.1 Å². The monoisotopic (exact) mass is 267 g/mol. The number of hydrogen-bond acceptors (Lipinski definition) is 3. The Morgan fingerprint density at radius 2 is 2.21 bits per heavy atom. The molecule has 1 fully saturated rings. The molecule has 0 unspecified atom stereocenters. The van der Waals surface area contributed by atoms with Gasteiger partial charge in [-0.3, -0.25) is 4.79 Å². The Labute approximate surface area is 111 Å². The fourth-order valence-electron chi connectivity index (χ4n) is 2.07. The van der Waals surface area contributed by atoms with E-state index in [0.29, 0.717) is 31.3 Å². The SMILES string of the molecule is CCOc1cc(F)ccc1NC(=O)C1CCOCC1. The smallest absolute Gasteiger partial charge is 0.227 e. The number of benzene rings is 1. The third kappa shape index (κ3) is 3.67. The summed E-state index contributed by atoms with van der Waals surface area (Å²) in [5, 5.41) is 2.81. The highest BCUT2D eigenvalue weighted by Crippen LogP contribution is 2.27. The van der Waals surface area contributed by atoms with Crippen molar-refractivity contribution in [2.75, 3.05) is 25.1 Å². The molecule has 0 atom stereocenters. The standard InChI is InChI=1S/C14H18FNO3/c1-2-19-13-9-11(15)3-4-12(13)16-14(17)10-5-7-18-8-6-10/h3-4,9-10H,2,5-8H2,1H3,(H,16,17). The first kappa shape index (κ1) is 13.8. The van der Waals surface area contributed by atoms with Crippen LogP contribution in [0, 0.1) is 11.7 Å². The summed E-state index contributed by atoms with van der Waals surface area (Å²) in [6.07, 6.45) is 1.44.